The summed E-state index contributed by atoms with van der Waals surface area (Å²) in [6.45, 7) is 3.90. The lowest BCUT2D eigenvalue weighted by Crippen LogP contribution is -2.44. The molecule has 0 bridgehead atoms. The number of aromatic nitrogens is 1. The topological polar surface area (TPSA) is 91.6 Å². The second kappa shape index (κ2) is 8.87. The van der Waals surface area contributed by atoms with Crippen LogP contribution in [0.2, 0.25) is 0 Å². The summed E-state index contributed by atoms with van der Waals surface area (Å²) in [7, 11) is 0. The third-order valence-electron chi connectivity index (χ3n) is 5.34. The zero-order valence-corrected chi connectivity index (χ0v) is 15.3. The fourth-order valence-corrected chi connectivity index (χ4v) is 3.87. The van der Waals surface area contributed by atoms with E-state index in [1.165, 1.54) is 19.3 Å². The van der Waals surface area contributed by atoms with Gasteiger partial charge in [0, 0.05) is 50.9 Å². The van der Waals surface area contributed by atoms with Gasteiger partial charge in [0.15, 0.2) is 0 Å². The maximum absolute atomic E-state index is 12.5. The normalized spacial score (nSPS) is 18.6. The fourth-order valence-electron chi connectivity index (χ4n) is 3.87. The molecule has 3 amide bonds. The van der Waals surface area contributed by atoms with Crippen LogP contribution in [0.3, 0.4) is 0 Å². The van der Waals surface area contributed by atoms with E-state index in [-0.39, 0.29) is 11.9 Å². The van der Waals surface area contributed by atoms with Crippen molar-refractivity contribution in [3.05, 3.63) is 23.9 Å². The zero-order chi connectivity index (χ0) is 18.4. The Balaban J connectivity index is 1.51. The minimum Gasteiger partial charge on any atom is -0.370 e. The van der Waals surface area contributed by atoms with Crippen LogP contribution in [-0.4, -0.2) is 48.0 Å². The highest BCUT2D eigenvalue weighted by molar-refractivity contribution is 5.75. The molecule has 3 rings (SSSR count). The molecule has 0 saturated carbocycles. The molecule has 0 aromatic carbocycles. The average molecular weight is 359 g/mol. The maximum atomic E-state index is 12.5. The molecule has 2 saturated heterocycles. The van der Waals surface area contributed by atoms with E-state index < -0.39 is 0 Å². The second-order valence-electron chi connectivity index (χ2n) is 7.29. The van der Waals surface area contributed by atoms with Crippen LogP contribution in [0.15, 0.2) is 18.3 Å². The third kappa shape index (κ3) is 4.86. The largest absolute Gasteiger partial charge is 0.370 e. The number of likely N-dealkylation sites (tertiary alicyclic amines) is 1. The van der Waals surface area contributed by atoms with Crippen LogP contribution in [0.25, 0.3) is 0 Å². The van der Waals surface area contributed by atoms with E-state index in [0.29, 0.717) is 32.0 Å². The molecular formula is C19H29N5O2. The Labute approximate surface area is 154 Å². The van der Waals surface area contributed by atoms with Crippen LogP contribution in [0.5, 0.6) is 0 Å². The number of rotatable bonds is 5. The monoisotopic (exact) mass is 359 g/mol. The van der Waals surface area contributed by atoms with Gasteiger partial charge in [-0.15, -0.1) is 0 Å². The summed E-state index contributed by atoms with van der Waals surface area (Å²) < 4.78 is 0. The van der Waals surface area contributed by atoms with Crippen molar-refractivity contribution in [3.63, 3.8) is 0 Å². The van der Waals surface area contributed by atoms with Crippen molar-refractivity contribution in [3.8, 4) is 0 Å². The summed E-state index contributed by atoms with van der Waals surface area (Å²) in [5.41, 5.74) is 6.33. The van der Waals surface area contributed by atoms with Gasteiger partial charge in [-0.05, 0) is 44.1 Å². The number of primary amides is 1. The van der Waals surface area contributed by atoms with Crippen molar-refractivity contribution in [2.24, 2.45) is 11.7 Å². The van der Waals surface area contributed by atoms with E-state index in [9.17, 15) is 9.59 Å². The average Bonchev–Trinajstić information content (AvgIpc) is 2.67. The van der Waals surface area contributed by atoms with Gasteiger partial charge < -0.3 is 20.9 Å². The van der Waals surface area contributed by atoms with E-state index in [1.54, 1.807) is 0 Å². The minimum absolute atomic E-state index is 0.0454. The molecule has 2 aliphatic rings. The number of nitrogens with one attached hydrogen (secondary N) is 1. The van der Waals surface area contributed by atoms with Gasteiger partial charge in [-0.2, -0.15) is 0 Å². The Morgan fingerprint density at radius 2 is 1.88 bits per heavy atom. The molecule has 1 aromatic rings. The Morgan fingerprint density at radius 3 is 2.58 bits per heavy atom. The van der Waals surface area contributed by atoms with E-state index in [2.05, 4.69) is 15.2 Å². The third-order valence-corrected chi connectivity index (χ3v) is 5.34. The first-order chi connectivity index (χ1) is 12.6. The first-order valence-electron chi connectivity index (χ1n) is 9.63. The summed E-state index contributed by atoms with van der Waals surface area (Å²) in [6, 6.07) is 3.91. The van der Waals surface area contributed by atoms with E-state index in [1.807, 2.05) is 23.2 Å². The summed E-state index contributed by atoms with van der Waals surface area (Å²) in [6.07, 6.45) is 7.58. The lowest BCUT2D eigenvalue weighted by atomic mass is 9.93. The van der Waals surface area contributed by atoms with Crippen molar-refractivity contribution in [2.75, 3.05) is 31.1 Å². The van der Waals surface area contributed by atoms with Crippen LogP contribution in [0, 0.1) is 5.92 Å². The number of hydrogen-bond donors (Lipinski definition) is 2. The van der Waals surface area contributed by atoms with Crippen LogP contribution in [-0.2, 0) is 11.3 Å². The van der Waals surface area contributed by atoms with E-state index in [0.717, 1.165) is 37.3 Å². The molecular weight excluding hydrogens is 330 g/mol. The number of carbonyl (C=O) groups is 2. The van der Waals surface area contributed by atoms with E-state index in [4.69, 9.17) is 5.73 Å². The van der Waals surface area contributed by atoms with Crippen molar-refractivity contribution in [1.29, 1.82) is 0 Å². The summed E-state index contributed by atoms with van der Waals surface area (Å²) in [5.74, 6) is 1.04. The molecule has 1 aromatic heterocycles. The first kappa shape index (κ1) is 18.5. The van der Waals surface area contributed by atoms with Gasteiger partial charge in [-0.3, -0.25) is 4.79 Å². The number of pyridine rings is 1. The zero-order valence-electron chi connectivity index (χ0n) is 15.3. The lowest BCUT2D eigenvalue weighted by Gasteiger charge is -2.32. The summed E-state index contributed by atoms with van der Waals surface area (Å²) in [5, 5.41) is 3.03. The Hall–Kier alpha value is -2.31. The molecule has 0 spiro atoms. The van der Waals surface area contributed by atoms with Crippen LogP contribution < -0.4 is 16.0 Å². The number of hydrogen-bond acceptors (Lipinski definition) is 4. The quantitative estimate of drug-likeness (QED) is 0.839. The van der Waals surface area contributed by atoms with Crippen molar-refractivity contribution in [1.82, 2.24) is 15.2 Å². The Bertz CT molecular complexity index is 622. The number of anilines is 1. The molecule has 0 unspecified atom stereocenters. The van der Waals surface area contributed by atoms with Gasteiger partial charge in [0.2, 0.25) is 5.91 Å². The smallest absolute Gasteiger partial charge is 0.317 e. The molecule has 7 nitrogen and oxygen atoms in total. The number of piperidine rings is 2. The number of nitrogens with two attached hydrogens (primary N) is 1. The molecule has 2 aliphatic heterocycles. The van der Waals surface area contributed by atoms with Gasteiger partial charge in [-0.1, -0.05) is 6.07 Å². The number of carbonyl (C=O) groups excluding carboxylic acids is 2. The molecule has 3 N–H and O–H groups in total. The van der Waals surface area contributed by atoms with Crippen molar-refractivity contribution in [2.45, 2.75) is 45.1 Å². The molecule has 7 heteroatoms. The highest BCUT2D eigenvalue weighted by Gasteiger charge is 2.24. The van der Waals surface area contributed by atoms with Crippen molar-refractivity contribution < 1.29 is 9.59 Å². The Kier molecular flexibility index (Phi) is 6.30. The highest BCUT2D eigenvalue weighted by atomic mass is 16.2. The van der Waals surface area contributed by atoms with Crippen LogP contribution in [0.4, 0.5) is 10.6 Å². The first-order valence-corrected chi connectivity index (χ1v) is 9.63. The summed E-state index contributed by atoms with van der Waals surface area (Å²) in [4.78, 5) is 32.2. The highest BCUT2D eigenvalue weighted by Crippen LogP contribution is 2.22. The minimum atomic E-state index is -0.255. The molecule has 142 valence electrons. The lowest BCUT2D eigenvalue weighted by molar-refractivity contribution is -0.119. The fraction of sp³-hybridized carbons (Fsp3) is 0.632. The number of urea groups is 1. The molecule has 0 radical (unpaired) electrons. The van der Waals surface area contributed by atoms with E-state index >= 15 is 0 Å². The van der Waals surface area contributed by atoms with Gasteiger partial charge in [-0.25, -0.2) is 9.78 Å². The standard InChI is InChI=1S/C19H29N5O2/c20-17(25)13-15-6-11-24(12-7-15)19(26)22-14-16-5-4-8-21-18(16)23-9-2-1-3-10-23/h4-5,8,15H,1-3,6-7,9-14H2,(H2,20,25)(H,22,26). The number of nitrogens with zero attached hydrogens (tertiary/aromatic N) is 3. The Morgan fingerprint density at radius 1 is 1.15 bits per heavy atom. The van der Waals surface area contributed by atoms with Gasteiger partial charge in [0.25, 0.3) is 0 Å². The molecule has 0 aliphatic carbocycles. The predicted molar refractivity (Wildman–Crippen MR) is 101 cm³/mol. The van der Waals surface area contributed by atoms with Gasteiger partial charge >= 0.3 is 6.03 Å². The molecule has 26 heavy (non-hydrogen) atoms. The molecule has 0 atom stereocenters. The molecule has 3 heterocycles. The SMILES string of the molecule is NC(=O)CC1CCN(C(=O)NCc2cccnc2N2CCCCC2)CC1. The van der Waals surface area contributed by atoms with Gasteiger partial charge in [0.05, 0.1) is 0 Å². The predicted octanol–water partition coefficient (Wildman–Crippen LogP) is 1.87. The second-order valence-corrected chi connectivity index (χ2v) is 7.29. The van der Waals surface area contributed by atoms with Crippen LogP contribution in [0.1, 0.15) is 44.1 Å². The number of amides is 3. The van der Waals surface area contributed by atoms with Crippen molar-refractivity contribution >= 4 is 17.8 Å². The molecule has 2 fully saturated rings. The maximum Gasteiger partial charge on any atom is 0.317 e. The van der Waals surface area contributed by atoms with Crippen LogP contribution >= 0.6 is 0 Å². The summed E-state index contributed by atoms with van der Waals surface area (Å²) >= 11 is 0. The van der Waals surface area contributed by atoms with Gasteiger partial charge in [0.1, 0.15) is 5.82 Å².